The van der Waals surface area contributed by atoms with Crippen LogP contribution in [-0.4, -0.2) is 74.6 Å². The second-order valence-corrected chi connectivity index (χ2v) is 4.41. The molecule has 0 spiro atoms. The number of amides is 1. The van der Waals surface area contributed by atoms with E-state index >= 15 is 0 Å². The standard InChI is InChI=1S/C13H28N2O4/c1-5-15(4)13(17)11(3)14-9-12(16)10-19-8-7-18-6-2/h11-12,14,16H,5-10H2,1-4H3. The van der Waals surface area contributed by atoms with Gasteiger partial charge < -0.3 is 24.8 Å². The van der Waals surface area contributed by atoms with Crippen LogP contribution < -0.4 is 5.32 Å². The zero-order chi connectivity index (χ0) is 14.7. The predicted molar refractivity (Wildman–Crippen MR) is 74.1 cm³/mol. The fourth-order valence-electron chi connectivity index (χ4n) is 1.43. The minimum atomic E-state index is -0.621. The maximum absolute atomic E-state index is 11.8. The van der Waals surface area contributed by atoms with Crippen LogP contribution in [0.5, 0.6) is 0 Å². The quantitative estimate of drug-likeness (QED) is 0.514. The molecule has 114 valence electrons. The van der Waals surface area contributed by atoms with Crippen molar-refractivity contribution in [2.75, 3.05) is 46.6 Å². The maximum Gasteiger partial charge on any atom is 0.239 e. The average Bonchev–Trinajstić information content (AvgIpc) is 2.42. The zero-order valence-electron chi connectivity index (χ0n) is 12.5. The second kappa shape index (κ2) is 11.2. The highest BCUT2D eigenvalue weighted by Crippen LogP contribution is 1.93. The van der Waals surface area contributed by atoms with Crippen molar-refractivity contribution >= 4 is 5.91 Å². The molecule has 2 unspecified atom stereocenters. The molecule has 0 aromatic carbocycles. The summed E-state index contributed by atoms with van der Waals surface area (Å²) in [6.07, 6.45) is -0.621. The van der Waals surface area contributed by atoms with Crippen molar-refractivity contribution in [1.82, 2.24) is 10.2 Å². The molecule has 2 atom stereocenters. The number of rotatable bonds is 11. The molecule has 19 heavy (non-hydrogen) atoms. The molecular formula is C13H28N2O4. The Hall–Kier alpha value is -0.690. The molecule has 6 nitrogen and oxygen atoms in total. The molecule has 6 heteroatoms. The van der Waals surface area contributed by atoms with E-state index in [0.29, 0.717) is 32.9 Å². The fourth-order valence-corrected chi connectivity index (χ4v) is 1.43. The van der Waals surface area contributed by atoms with Crippen molar-refractivity contribution < 1.29 is 19.4 Å². The summed E-state index contributed by atoms with van der Waals surface area (Å²) in [4.78, 5) is 13.4. The first-order valence-corrected chi connectivity index (χ1v) is 6.84. The van der Waals surface area contributed by atoms with E-state index in [1.165, 1.54) is 0 Å². The van der Waals surface area contributed by atoms with Crippen LogP contribution in [0.4, 0.5) is 0 Å². The lowest BCUT2D eigenvalue weighted by atomic mass is 10.2. The highest BCUT2D eigenvalue weighted by atomic mass is 16.5. The third kappa shape index (κ3) is 8.93. The number of likely N-dealkylation sites (N-methyl/N-ethyl adjacent to an activating group) is 1. The van der Waals surface area contributed by atoms with Crippen LogP contribution in [0, 0.1) is 0 Å². The van der Waals surface area contributed by atoms with Gasteiger partial charge in [-0.2, -0.15) is 0 Å². The summed E-state index contributed by atoms with van der Waals surface area (Å²) >= 11 is 0. The van der Waals surface area contributed by atoms with Gasteiger partial charge >= 0.3 is 0 Å². The second-order valence-electron chi connectivity index (χ2n) is 4.41. The van der Waals surface area contributed by atoms with E-state index in [9.17, 15) is 9.90 Å². The highest BCUT2D eigenvalue weighted by molar-refractivity contribution is 5.81. The molecule has 2 N–H and O–H groups in total. The predicted octanol–water partition coefficient (Wildman–Crippen LogP) is -0.143. The van der Waals surface area contributed by atoms with Gasteiger partial charge in [0.05, 0.1) is 32.0 Å². The summed E-state index contributed by atoms with van der Waals surface area (Å²) in [7, 11) is 1.76. The number of carbonyl (C=O) groups is 1. The van der Waals surface area contributed by atoms with E-state index in [0.717, 1.165) is 0 Å². The molecule has 0 aliphatic rings. The van der Waals surface area contributed by atoms with Crippen LogP contribution in [-0.2, 0) is 14.3 Å². The summed E-state index contributed by atoms with van der Waals surface area (Å²) in [6.45, 7) is 8.55. The first-order valence-electron chi connectivity index (χ1n) is 6.84. The number of hydrogen-bond acceptors (Lipinski definition) is 5. The van der Waals surface area contributed by atoms with Crippen LogP contribution in [0.25, 0.3) is 0 Å². The van der Waals surface area contributed by atoms with Gasteiger partial charge in [-0.15, -0.1) is 0 Å². The molecule has 0 aromatic heterocycles. The van der Waals surface area contributed by atoms with Crippen LogP contribution in [0.15, 0.2) is 0 Å². The molecule has 0 aliphatic heterocycles. The first-order chi connectivity index (χ1) is 9.02. The van der Waals surface area contributed by atoms with Crippen molar-refractivity contribution in [2.24, 2.45) is 0 Å². The third-order valence-electron chi connectivity index (χ3n) is 2.77. The Morgan fingerprint density at radius 1 is 1.32 bits per heavy atom. The zero-order valence-corrected chi connectivity index (χ0v) is 12.5. The lowest BCUT2D eigenvalue weighted by molar-refractivity contribution is -0.131. The topological polar surface area (TPSA) is 71.0 Å². The van der Waals surface area contributed by atoms with Crippen molar-refractivity contribution in [3.8, 4) is 0 Å². The lowest BCUT2D eigenvalue weighted by Gasteiger charge is -2.21. The number of aliphatic hydroxyl groups excluding tert-OH is 1. The number of aliphatic hydroxyl groups is 1. The highest BCUT2D eigenvalue weighted by Gasteiger charge is 2.16. The summed E-state index contributed by atoms with van der Waals surface area (Å²) in [6, 6.07) is -0.303. The van der Waals surface area contributed by atoms with Crippen LogP contribution in [0.1, 0.15) is 20.8 Å². The molecule has 0 saturated carbocycles. The Morgan fingerprint density at radius 3 is 2.53 bits per heavy atom. The largest absolute Gasteiger partial charge is 0.389 e. The van der Waals surface area contributed by atoms with Gasteiger partial charge in [-0.05, 0) is 20.8 Å². The van der Waals surface area contributed by atoms with Gasteiger partial charge in [0.2, 0.25) is 5.91 Å². The van der Waals surface area contributed by atoms with E-state index in [2.05, 4.69) is 5.32 Å². The smallest absolute Gasteiger partial charge is 0.239 e. The van der Waals surface area contributed by atoms with Crippen molar-refractivity contribution in [3.63, 3.8) is 0 Å². The number of carbonyl (C=O) groups excluding carboxylic acids is 1. The number of hydrogen-bond donors (Lipinski definition) is 2. The van der Waals surface area contributed by atoms with Crippen molar-refractivity contribution in [2.45, 2.75) is 32.9 Å². The van der Waals surface area contributed by atoms with E-state index in [-0.39, 0.29) is 18.6 Å². The molecule has 0 fully saturated rings. The Morgan fingerprint density at radius 2 is 1.95 bits per heavy atom. The van der Waals surface area contributed by atoms with Crippen LogP contribution >= 0.6 is 0 Å². The van der Waals surface area contributed by atoms with Gasteiger partial charge in [0.15, 0.2) is 0 Å². The summed E-state index contributed by atoms with van der Waals surface area (Å²) in [5, 5.41) is 12.7. The van der Waals surface area contributed by atoms with Gasteiger partial charge in [-0.1, -0.05) is 0 Å². The summed E-state index contributed by atoms with van der Waals surface area (Å²) < 4.78 is 10.4. The molecular weight excluding hydrogens is 248 g/mol. The van der Waals surface area contributed by atoms with Gasteiger partial charge in [-0.25, -0.2) is 0 Å². The normalized spacial score (nSPS) is 14.2. The monoisotopic (exact) mass is 276 g/mol. The summed E-state index contributed by atoms with van der Waals surface area (Å²) in [5.74, 6) is 0.0203. The van der Waals surface area contributed by atoms with E-state index in [4.69, 9.17) is 9.47 Å². The minimum absolute atomic E-state index is 0.0203. The third-order valence-corrected chi connectivity index (χ3v) is 2.77. The SMILES string of the molecule is CCOCCOCC(O)CNC(C)C(=O)N(C)CC. The van der Waals surface area contributed by atoms with E-state index < -0.39 is 6.10 Å². The minimum Gasteiger partial charge on any atom is -0.389 e. The molecule has 0 aliphatic carbocycles. The Bertz CT molecular complexity index is 239. The lowest BCUT2D eigenvalue weighted by Crippen LogP contribution is -2.46. The van der Waals surface area contributed by atoms with E-state index in [1.54, 1.807) is 18.9 Å². The number of nitrogens with one attached hydrogen (secondary N) is 1. The Kier molecular flexibility index (Phi) is 10.8. The Balaban J connectivity index is 3.66. The first kappa shape index (κ1) is 18.3. The van der Waals surface area contributed by atoms with Gasteiger partial charge in [0, 0.05) is 26.7 Å². The Labute approximate surface area is 116 Å². The van der Waals surface area contributed by atoms with Gasteiger partial charge in [0.1, 0.15) is 0 Å². The molecule has 0 rings (SSSR count). The van der Waals surface area contributed by atoms with Crippen LogP contribution in [0.2, 0.25) is 0 Å². The molecule has 0 radical (unpaired) electrons. The van der Waals surface area contributed by atoms with Crippen molar-refractivity contribution in [1.29, 1.82) is 0 Å². The van der Waals surface area contributed by atoms with Crippen molar-refractivity contribution in [3.05, 3.63) is 0 Å². The van der Waals surface area contributed by atoms with Crippen LogP contribution in [0.3, 0.4) is 0 Å². The molecule has 0 heterocycles. The molecule has 0 saturated heterocycles. The van der Waals surface area contributed by atoms with E-state index in [1.807, 2.05) is 13.8 Å². The number of nitrogens with zero attached hydrogens (tertiary/aromatic N) is 1. The summed E-state index contributed by atoms with van der Waals surface area (Å²) in [5.41, 5.74) is 0. The maximum atomic E-state index is 11.8. The number of ether oxygens (including phenoxy) is 2. The fraction of sp³-hybridized carbons (Fsp3) is 0.923. The molecule has 0 bridgehead atoms. The average molecular weight is 276 g/mol. The molecule has 0 aromatic rings. The van der Waals surface area contributed by atoms with Gasteiger partial charge in [-0.3, -0.25) is 4.79 Å². The molecule has 1 amide bonds. The van der Waals surface area contributed by atoms with Gasteiger partial charge in [0.25, 0.3) is 0 Å².